The van der Waals surface area contributed by atoms with Gasteiger partial charge in [0.25, 0.3) is 0 Å². The fourth-order valence-corrected chi connectivity index (χ4v) is 4.78. The van der Waals surface area contributed by atoms with Gasteiger partial charge in [-0.25, -0.2) is 0 Å². The van der Waals surface area contributed by atoms with E-state index in [0.717, 1.165) is 76.6 Å². The van der Waals surface area contributed by atoms with Crippen LogP contribution in [-0.2, 0) is 19.5 Å². The lowest BCUT2D eigenvalue weighted by atomic mass is 10.0. The van der Waals surface area contributed by atoms with Crippen molar-refractivity contribution in [2.75, 3.05) is 32.8 Å². The van der Waals surface area contributed by atoms with Gasteiger partial charge in [-0.05, 0) is 54.7 Å². The molecule has 0 unspecified atom stereocenters. The maximum atomic E-state index is 6.10. The second-order valence-electron chi connectivity index (χ2n) is 9.08. The number of likely N-dealkylation sites (tertiary alicyclic amines) is 1. The predicted molar refractivity (Wildman–Crippen MR) is 131 cm³/mol. The van der Waals surface area contributed by atoms with E-state index in [0.29, 0.717) is 0 Å². The fraction of sp³-hybridized carbons (Fsp3) is 0.393. The lowest BCUT2D eigenvalue weighted by Crippen LogP contribution is -2.37. The van der Waals surface area contributed by atoms with Gasteiger partial charge in [-0.3, -0.25) is 14.8 Å². The quantitative estimate of drug-likeness (QED) is 0.535. The highest BCUT2D eigenvalue weighted by molar-refractivity contribution is 5.38. The molecule has 0 spiro atoms. The number of hydrogen-bond acceptors (Lipinski definition) is 5. The number of hydrogen-bond donors (Lipinski definition) is 0. The highest BCUT2D eigenvalue weighted by Gasteiger charge is 2.22. The second kappa shape index (κ2) is 10.8. The maximum Gasteiger partial charge on any atom is 0.137 e. The first-order valence-corrected chi connectivity index (χ1v) is 12.1. The smallest absolute Gasteiger partial charge is 0.137 e. The van der Waals surface area contributed by atoms with E-state index in [-0.39, 0.29) is 6.10 Å². The normalized spacial score (nSPS) is 17.7. The van der Waals surface area contributed by atoms with Gasteiger partial charge in [0.05, 0.1) is 6.20 Å². The molecule has 1 saturated heterocycles. The van der Waals surface area contributed by atoms with Crippen LogP contribution in [0.2, 0.25) is 0 Å². The van der Waals surface area contributed by atoms with Crippen molar-refractivity contribution in [2.24, 2.45) is 0 Å². The third-order valence-corrected chi connectivity index (χ3v) is 6.62. The number of pyridine rings is 1. The molecule has 0 N–H and O–H groups in total. The summed E-state index contributed by atoms with van der Waals surface area (Å²) in [6.45, 7) is 6.84. The number of ether oxygens (including phenoxy) is 2. The Hall–Kier alpha value is -2.89. The molecule has 0 bridgehead atoms. The number of fused-ring (bicyclic) bond motifs is 1. The van der Waals surface area contributed by atoms with E-state index in [1.165, 1.54) is 16.7 Å². The number of aromatic nitrogens is 1. The lowest BCUT2D eigenvalue weighted by Gasteiger charge is -2.32. The van der Waals surface area contributed by atoms with E-state index in [2.05, 4.69) is 63.3 Å². The summed E-state index contributed by atoms with van der Waals surface area (Å²) in [6, 6.07) is 21.4. The van der Waals surface area contributed by atoms with Crippen LogP contribution in [0.3, 0.4) is 0 Å². The van der Waals surface area contributed by atoms with Crippen molar-refractivity contribution >= 4 is 0 Å². The van der Waals surface area contributed by atoms with Crippen molar-refractivity contribution in [1.29, 1.82) is 0 Å². The van der Waals surface area contributed by atoms with Crippen LogP contribution < -0.4 is 9.47 Å². The molecule has 0 saturated carbocycles. The van der Waals surface area contributed by atoms with Crippen molar-refractivity contribution in [3.8, 4) is 11.5 Å². The molecular formula is C28H33N3O2. The third kappa shape index (κ3) is 6.12. The average molecular weight is 444 g/mol. The van der Waals surface area contributed by atoms with E-state index in [1.54, 1.807) is 12.4 Å². The van der Waals surface area contributed by atoms with Gasteiger partial charge in [0.15, 0.2) is 0 Å². The monoisotopic (exact) mass is 443 g/mol. The van der Waals surface area contributed by atoms with Crippen LogP contribution >= 0.6 is 0 Å². The number of benzene rings is 2. The summed E-state index contributed by atoms with van der Waals surface area (Å²) < 4.78 is 12.2. The minimum Gasteiger partial charge on any atom is -0.492 e. The molecule has 172 valence electrons. The van der Waals surface area contributed by atoms with E-state index < -0.39 is 0 Å². The molecule has 2 aliphatic rings. The molecule has 0 aliphatic carbocycles. The molecule has 2 aliphatic heterocycles. The molecule has 0 radical (unpaired) electrons. The van der Waals surface area contributed by atoms with Crippen LogP contribution in [0.5, 0.6) is 11.5 Å². The van der Waals surface area contributed by atoms with Crippen LogP contribution in [0, 0.1) is 0 Å². The molecule has 5 nitrogen and oxygen atoms in total. The summed E-state index contributed by atoms with van der Waals surface area (Å²) >= 11 is 0. The number of piperidine rings is 1. The largest absolute Gasteiger partial charge is 0.492 e. The maximum absolute atomic E-state index is 6.10. The van der Waals surface area contributed by atoms with E-state index in [9.17, 15) is 0 Å². The number of rotatable bonds is 7. The van der Waals surface area contributed by atoms with Crippen LogP contribution in [0.4, 0.5) is 0 Å². The lowest BCUT2D eigenvalue weighted by molar-refractivity contribution is 0.0965. The molecule has 3 aromatic rings. The summed E-state index contributed by atoms with van der Waals surface area (Å²) in [5.74, 6) is 1.92. The zero-order chi connectivity index (χ0) is 22.3. The second-order valence-corrected chi connectivity index (χ2v) is 9.08. The Morgan fingerprint density at radius 2 is 1.79 bits per heavy atom. The molecular weight excluding hydrogens is 410 g/mol. The van der Waals surface area contributed by atoms with Crippen molar-refractivity contribution in [3.05, 3.63) is 89.7 Å². The molecule has 33 heavy (non-hydrogen) atoms. The first-order valence-electron chi connectivity index (χ1n) is 12.1. The first-order chi connectivity index (χ1) is 16.3. The molecule has 0 amide bonds. The van der Waals surface area contributed by atoms with E-state index >= 15 is 0 Å². The molecule has 3 heterocycles. The van der Waals surface area contributed by atoms with Crippen molar-refractivity contribution in [1.82, 2.24) is 14.8 Å². The van der Waals surface area contributed by atoms with Crippen molar-refractivity contribution in [3.63, 3.8) is 0 Å². The van der Waals surface area contributed by atoms with Crippen LogP contribution in [0.25, 0.3) is 0 Å². The van der Waals surface area contributed by atoms with Crippen molar-refractivity contribution < 1.29 is 9.47 Å². The third-order valence-electron chi connectivity index (χ3n) is 6.62. The minimum absolute atomic E-state index is 0.282. The Morgan fingerprint density at radius 3 is 2.61 bits per heavy atom. The van der Waals surface area contributed by atoms with Crippen LogP contribution in [0.15, 0.2) is 73.1 Å². The molecule has 0 atom stereocenters. The summed E-state index contributed by atoms with van der Waals surface area (Å²) in [5.41, 5.74) is 4.08. The number of nitrogens with zero attached hydrogens (tertiary/aromatic N) is 3. The van der Waals surface area contributed by atoms with Gasteiger partial charge in [-0.15, -0.1) is 0 Å². The summed E-state index contributed by atoms with van der Waals surface area (Å²) in [5, 5.41) is 0. The zero-order valence-electron chi connectivity index (χ0n) is 19.2. The Kier molecular flexibility index (Phi) is 7.19. The summed E-state index contributed by atoms with van der Waals surface area (Å²) in [7, 11) is 0. The van der Waals surface area contributed by atoms with Gasteiger partial charge in [0.2, 0.25) is 0 Å². The predicted octanol–water partition coefficient (Wildman–Crippen LogP) is 4.56. The SMILES string of the molecule is c1ccc(CCN2CCOc3ccc(CN4CCC(Oc5cccnc5)CC4)cc3C2)cc1. The Labute approximate surface area is 197 Å². The Balaban J connectivity index is 1.14. The average Bonchev–Trinajstić information content (AvgIpc) is 3.07. The standard InChI is InChI=1S/C28H33N3O2/c1-2-5-23(6-3-1)10-14-31-17-18-32-28-9-8-24(19-25(28)22-31)21-30-15-11-26(12-16-30)33-27-7-4-13-29-20-27/h1-9,13,19-20,26H,10-12,14-18,21-22H2. The molecule has 2 aromatic carbocycles. The van der Waals surface area contributed by atoms with Gasteiger partial charge in [-0.1, -0.05) is 36.4 Å². The molecule has 1 aromatic heterocycles. The first kappa shape index (κ1) is 21.9. The van der Waals surface area contributed by atoms with Gasteiger partial charge in [-0.2, -0.15) is 0 Å². The minimum atomic E-state index is 0.282. The molecule has 5 rings (SSSR count). The van der Waals surface area contributed by atoms with Gasteiger partial charge < -0.3 is 9.47 Å². The highest BCUT2D eigenvalue weighted by atomic mass is 16.5. The summed E-state index contributed by atoms with van der Waals surface area (Å²) in [4.78, 5) is 9.20. The van der Waals surface area contributed by atoms with Gasteiger partial charge in [0.1, 0.15) is 24.2 Å². The fourth-order valence-electron chi connectivity index (χ4n) is 4.78. The molecule has 5 heteroatoms. The molecule has 1 fully saturated rings. The van der Waals surface area contributed by atoms with Gasteiger partial charge in [0, 0.05) is 51.0 Å². The van der Waals surface area contributed by atoms with Crippen LogP contribution in [0.1, 0.15) is 29.5 Å². The Morgan fingerprint density at radius 1 is 0.909 bits per heavy atom. The Bertz CT molecular complexity index is 1000. The van der Waals surface area contributed by atoms with Gasteiger partial charge >= 0.3 is 0 Å². The zero-order valence-corrected chi connectivity index (χ0v) is 19.2. The van der Waals surface area contributed by atoms with Crippen molar-refractivity contribution in [2.45, 2.75) is 38.5 Å². The topological polar surface area (TPSA) is 37.8 Å². The van der Waals surface area contributed by atoms with E-state index in [1.807, 2.05) is 12.1 Å². The highest BCUT2D eigenvalue weighted by Crippen LogP contribution is 2.26. The van der Waals surface area contributed by atoms with E-state index in [4.69, 9.17) is 9.47 Å². The summed E-state index contributed by atoms with van der Waals surface area (Å²) in [6.07, 6.45) is 7.04. The van der Waals surface area contributed by atoms with Crippen LogP contribution in [-0.4, -0.2) is 53.7 Å².